The minimum atomic E-state index is -0.874. The number of rotatable bonds is 5. The molecule has 0 aromatic heterocycles. The molecule has 0 radical (unpaired) electrons. The molecule has 26 heavy (non-hydrogen) atoms. The van der Waals surface area contributed by atoms with Gasteiger partial charge in [0, 0.05) is 12.1 Å². The molecule has 0 unspecified atom stereocenters. The molecule has 1 aliphatic rings. The van der Waals surface area contributed by atoms with Crippen LogP contribution in [0.25, 0.3) is 0 Å². The highest BCUT2D eigenvalue weighted by atomic mass is 16.5. The second-order valence-corrected chi connectivity index (χ2v) is 6.35. The lowest BCUT2D eigenvalue weighted by atomic mass is 9.86. The van der Waals surface area contributed by atoms with Gasteiger partial charge in [-0.15, -0.1) is 0 Å². The summed E-state index contributed by atoms with van der Waals surface area (Å²) in [6, 6.07) is 3.50. The first-order valence-electron chi connectivity index (χ1n) is 8.55. The van der Waals surface area contributed by atoms with E-state index in [1.54, 1.807) is 0 Å². The van der Waals surface area contributed by atoms with E-state index in [2.05, 4.69) is 17.6 Å². The van der Waals surface area contributed by atoms with Gasteiger partial charge in [0.2, 0.25) is 0 Å². The van der Waals surface area contributed by atoms with E-state index in [4.69, 9.17) is 9.47 Å². The summed E-state index contributed by atoms with van der Waals surface area (Å²) in [6.45, 7) is 1.44. The van der Waals surface area contributed by atoms with Gasteiger partial charge in [-0.2, -0.15) is 0 Å². The van der Waals surface area contributed by atoms with Crippen LogP contribution in [0.1, 0.15) is 43.0 Å². The van der Waals surface area contributed by atoms with Crippen molar-refractivity contribution < 1.29 is 29.0 Å². The Hall–Kier alpha value is -2.77. The molecule has 0 bridgehead atoms. The molecular formula is C18H24N2O6. The number of aromatic hydroxyl groups is 1. The van der Waals surface area contributed by atoms with Crippen LogP contribution in [0.4, 0.5) is 4.79 Å². The molecule has 142 valence electrons. The molecule has 8 heteroatoms. The third-order valence-electron chi connectivity index (χ3n) is 4.44. The molecular weight excluding hydrogens is 340 g/mol. The summed E-state index contributed by atoms with van der Waals surface area (Å²) in [6.07, 6.45) is 4.12. The Morgan fingerprint density at radius 2 is 1.96 bits per heavy atom. The highest BCUT2D eigenvalue weighted by Gasteiger charge is 2.23. The average molecular weight is 364 g/mol. The zero-order chi connectivity index (χ0) is 19.1. The van der Waals surface area contributed by atoms with E-state index in [-0.39, 0.29) is 17.4 Å². The number of urea groups is 1. The fourth-order valence-corrected chi connectivity index (χ4v) is 2.92. The van der Waals surface area contributed by atoms with Gasteiger partial charge >= 0.3 is 12.0 Å². The first-order chi connectivity index (χ1) is 12.4. The Balaban J connectivity index is 1.79. The maximum Gasteiger partial charge on any atom is 0.342 e. The Morgan fingerprint density at radius 1 is 1.23 bits per heavy atom. The van der Waals surface area contributed by atoms with Crippen LogP contribution in [0.5, 0.6) is 11.5 Å². The van der Waals surface area contributed by atoms with Gasteiger partial charge in [-0.25, -0.2) is 9.59 Å². The van der Waals surface area contributed by atoms with Crippen molar-refractivity contribution in [3.63, 3.8) is 0 Å². The first kappa shape index (κ1) is 19.6. The number of imide groups is 1. The zero-order valence-electron chi connectivity index (χ0n) is 14.9. The number of amides is 3. The number of nitrogens with one attached hydrogen (secondary N) is 2. The predicted octanol–water partition coefficient (Wildman–Crippen LogP) is 1.96. The number of hydrogen-bond acceptors (Lipinski definition) is 6. The molecule has 2 atom stereocenters. The molecule has 1 fully saturated rings. The van der Waals surface area contributed by atoms with Crippen LogP contribution in [-0.4, -0.2) is 42.8 Å². The van der Waals surface area contributed by atoms with E-state index in [0.29, 0.717) is 11.7 Å². The number of esters is 1. The van der Waals surface area contributed by atoms with Gasteiger partial charge in [0.1, 0.15) is 17.1 Å². The molecule has 0 spiro atoms. The van der Waals surface area contributed by atoms with Gasteiger partial charge in [-0.05, 0) is 30.9 Å². The van der Waals surface area contributed by atoms with Crippen LogP contribution in [0, 0.1) is 5.92 Å². The third kappa shape index (κ3) is 5.37. The van der Waals surface area contributed by atoms with Crippen molar-refractivity contribution in [3.8, 4) is 11.5 Å². The van der Waals surface area contributed by atoms with Gasteiger partial charge in [-0.3, -0.25) is 10.1 Å². The van der Waals surface area contributed by atoms with E-state index < -0.39 is 24.5 Å². The third-order valence-corrected chi connectivity index (χ3v) is 4.44. The van der Waals surface area contributed by atoms with Crippen molar-refractivity contribution in [2.45, 2.75) is 38.6 Å². The van der Waals surface area contributed by atoms with E-state index in [1.807, 2.05) is 0 Å². The summed E-state index contributed by atoms with van der Waals surface area (Å²) in [5, 5.41) is 14.7. The quantitative estimate of drug-likeness (QED) is 0.688. The van der Waals surface area contributed by atoms with E-state index in [9.17, 15) is 19.5 Å². The lowest BCUT2D eigenvalue weighted by Crippen LogP contribution is -2.48. The minimum absolute atomic E-state index is 0.0374. The second kappa shape index (κ2) is 9.07. The van der Waals surface area contributed by atoms with Crippen molar-refractivity contribution in [1.29, 1.82) is 0 Å². The number of phenols is 1. The lowest BCUT2D eigenvalue weighted by Gasteiger charge is -2.29. The van der Waals surface area contributed by atoms with Crippen molar-refractivity contribution in [2.75, 3.05) is 13.7 Å². The highest BCUT2D eigenvalue weighted by molar-refractivity contribution is 5.97. The number of carbonyl (C=O) groups excluding carboxylic acids is 3. The molecule has 1 saturated carbocycles. The molecule has 0 aliphatic heterocycles. The van der Waals surface area contributed by atoms with Crippen LogP contribution >= 0.6 is 0 Å². The summed E-state index contributed by atoms with van der Waals surface area (Å²) >= 11 is 0. The fraction of sp³-hybridized carbons (Fsp3) is 0.500. The van der Waals surface area contributed by atoms with Gasteiger partial charge in [-0.1, -0.05) is 19.8 Å². The van der Waals surface area contributed by atoms with E-state index in [0.717, 1.165) is 25.7 Å². The number of carbonyl (C=O) groups is 3. The standard InChI is InChI=1S/C18H24N2O6/c1-11-5-3-4-6-14(11)19-18(24)20-16(22)10-26-17(23)13-8-7-12(25-2)9-15(13)21/h7-9,11,14,21H,3-6,10H2,1-2H3,(H2,19,20,22,24)/t11-,14+/m0/s1. The summed E-state index contributed by atoms with van der Waals surface area (Å²) < 4.78 is 9.75. The lowest BCUT2D eigenvalue weighted by molar-refractivity contribution is -0.123. The molecule has 0 heterocycles. The summed E-state index contributed by atoms with van der Waals surface area (Å²) in [4.78, 5) is 35.5. The van der Waals surface area contributed by atoms with Crippen molar-refractivity contribution in [3.05, 3.63) is 23.8 Å². The normalized spacial score (nSPS) is 19.3. The van der Waals surface area contributed by atoms with Gasteiger partial charge < -0.3 is 19.9 Å². The Labute approximate surface area is 151 Å². The summed E-state index contributed by atoms with van der Waals surface area (Å²) in [7, 11) is 1.43. The van der Waals surface area contributed by atoms with Crippen LogP contribution in [0.3, 0.4) is 0 Å². The highest BCUT2D eigenvalue weighted by Crippen LogP contribution is 2.24. The SMILES string of the molecule is COc1ccc(C(=O)OCC(=O)NC(=O)N[C@@H]2CCCC[C@@H]2C)c(O)c1. The number of hydrogen-bond donors (Lipinski definition) is 3. The van der Waals surface area contributed by atoms with Gasteiger partial charge in [0.05, 0.1) is 7.11 Å². The van der Waals surface area contributed by atoms with Crippen LogP contribution in [0.15, 0.2) is 18.2 Å². The molecule has 2 rings (SSSR count). The Kier molecular flexibility index (Phi) is 6.82. The van der Waals surface area contributed by atoms with E-state index >= 15 is 0 Å². The van der Waals surface area contributed by atoms with Crippen LogP contribution in [-0.2, 0) is 9.53 Å². The number of phenolic OH excluding ortho intramolecular Hbond substituents is 1. The van der Waals surface area contributed by atoms with Gasteiger partial charge in [0.25, 0.3) is 5.91 Å². The maximum absolute atomic E-state index is 11.9. The predicted molar refractivity (Wildman–Crippen MR) is 93.0 cm³/mol. The monoisotopic (exact) mass is 364 g/mol. The molecule has 8 nitrogen and oxygen atoms in total. The largest absolute Gasteiger partial charge is 0.507 e. The van der Waals surface area contributed by atoms with Crippen LogP contribution < -0.4 is 15.4 Å². The van der Waals surface area contributed by atoms with Crippen LogP contribution in [0.2, 0.25) is 0 Å². The Bertz CT molecular complexity index is 676. The molecule has 3 N–H and O–H groups in total. The maximum atomic E-state index is 11.9. The van der Waals surface area contributed by atoms with Crippen molar-refractivity contribution in [2.24, 2.45) is 5.92 Å². The molecule has 1 aromatic carbocycles. The smallest absolute Gasteiger partial charge is 0.342 e. The number of benzene rings is 1. The van der Waals surface area contributed by atoms with Crippen molar-refractivity contribution in [1.82, 2.24) is 10.6 Å². The van der Waals surface area contributed by atoms with Gasteiger partial charge in [0.15, 0.2) is 6.61 Å². The zero-order valence-corrected chi connectivity index (χ0v) is 14.9. The first-order valence-corrected chi connectivity index (χ1v) is 8.55. The molecule has 3 amide bonds. The number of methoxy groups -OCH3 is 1. The average Bonchev–Trinajstić information content (AvgIpc) is 2.61. The summed E-state index contributed by atoms with van der Waals surface area (Å²) in [5.74, 6) is -1.20. The number of ether oxygens (including phenoxy) is 2. The molecule has 1 aliphatic carbocycles. The summed E-state index contributed by atoms with van der Waals surface area (Å²) in [5.41, 5.74) is -0.0981. The minimum Gasteiger partial charge on any atom is -0.507 e. The molecule has 0 saturated heterocycles. The second-order valence-electron chi connectivity index (χ2n) is 6.35. The topological polar surface area (TPSA) is 114 Å². The molecule has 1 aromatic rings. The van der Waals surface area contributed by atoms with E-state index in [1.165, 1.54) is 25.3 Å². The fourth-order valence-electron chi connectivity index (χ4n) is 2.92. The van der Waals surface area contributed by atoms with Crippen molar-refractivity contribution >= 4 is 17.9 Å². The Morgan fingerprint density at radius 3 is 2.62 bits per heavy atom.